The van der Waals surface area contributed by atoms with E-state index >= 15 is 0 Å². The van der Waals surface area contributed by atoms with Crippen LogP contribution in [0.5, 0.6) is 0 Å². The lowest BCUT2D eigenvalue weighted by Gasteiger charge is -2.33. The molecule has 0 bridgehead atoms. The first-order valence-corrected chi connectivity index (χ1v) is 12.3. The average molecular weight is 484 g/mol. The lowest BCUT2D eigenvalue weighted by molar-refractivity contribution is -0.140. The van der Waals surface area contributed by atoms with Gasteiger partial charge in [0.15, 0.2) is 5.78 Å². The number of anilines is 1. The average Bonchev–Trinajstić information content (AvgIpc) is 2.98. The van der Waals surface area contributed by atoms with Gasteiger partial charge in [-0.25, -0.2) is 4.99 Å². The number of likely N-dealkylation sites (N-methyl/N-ethyl adjacent to an activating group) is 1. The number of carbonyl (C=O) groups excluding carboxylic acids is 2. The molecule has 0 spiro atoms. The third-order valence-corrected chi connectivity index (χ3v) is 6.87. The molecule has 36 heavy (non-hydrogen) atoms. The van der Waals surface area contributed by atoms with Gasteiger partial charge in [0.1, 0.15) is 0 Å². The first kappa shape index (κ1) is 25.5. The van der Waals surface area contributed by atoms with Gasteiger partial charge in [-0.3, -0.25) is 15.3 Å². The second kappa shape index (κ2) is 10.6. The second-order valence-corrected chi connectivity index (χ2v) is 9.70. The number of aliphatic hydroxyl groups excluding tert-OH is 1. The third-order valence-electron chi connectivity index (χ3n) is 6.87. The molecule has 6 nitrogen and oxygen atoms in total. The van der Waals surface area contributed by atoms with E-state index in [2.05, 4.69) is 0 Å². The number of ketones is 1. The van der Waals surface area contributed by atoms with Crippen LogP contribution in [0, 0.1) is 11.8 Å². The van der Waals surface area contributed by atoms with E-state index in [9.17, 15) is 14.7 Å². The molecule has 0 aliphatic carbocycles. The topological polar surface area (TPSA) is 96.0 Å². The maximum absolute atomic E-state index is 14.1. The van der Waals surface area contributed by atoms with Gasteiger partial charge < -0.3 is 10.0 Å². The number of Topliss-reactive ketones (excluding diaryl/α,β-unsaturated/α-hetero) is 1. The largest absolute Gasteiger partial charge is 0.392 e. The van der Waals surface area contributed by atoms with Crippen molar-refractivity contribution in [3.05, 3.63) is 102 Å². The molecule has 0 aromatic heterocycles. The summed E-state index contributed by atoms with van der Waals surface area (Å²) >= 11 is 0. The molecule has 4 rings (SSSR count). The van der Waals surface area contributed by atoms with E-state index < -0.39 is 29.4 Å². The van der Waals surface area contributed by atoms with Crippen LogP contribution >= 0.6 is 0 Å². The fourth-order valence-electron chi connectivity index (χ4n) is 4.91. The summed E-state index contributed by atoms with van der Waals surface area (Å²) in [4.78, 5) is 34.0. The van der Waals surface area contributed by atoms with E-state index in [0.29, 0.717) is 29.8 Å². The number of rotatable bonds is 8. The Balaban J connectivity index is 1.76. The summed E-state index contributed by atoms with van der Waals surface area (Å²) in [6.45, 7) is 3.72. The monoisotopic (exact) mass is 483 g/mol. The molecule has 3 aromatic carbocycles. The Hall–Kier alpha value is -3.61. The van der Waals surface area contributed by atoms with Gasteiger partial charge in [0.05, 0.1) is 23.4 Å². The molecule has 1 aliphatic heterocycles. The molecule has 0 radical (unpaired) electrons. The summed E-state index contributed by atoms with van der Waals surface area (Å²) < 4.78 is 0. The van der Waals surface area contributed by atoms with E-state index in [-0.39, 0.29) is 5.92 Å². The fraction of sp³-hybridized carbons (Fsp3) is 0.300. The Morgan fingerprint density at radius 3 is 2.19 bits per heavy atom. The molecular formula is C30H33N3O3. The van der Waals surface area contributed by atoms with Gasteiger partial charge in [0.25, 0.3) is 5.91 Å². The van der Waals surface area contributed by atoms with Gasteiger partial charge in [0.2, 0.25) is 5.66 Å². The predicted molar refractivity (Wildman–Crippen MR) is 143 cm³/mol. The zero-order valence-electron chi connectivity index (χ0n) is 21.0. The van der Waals surface area contributed by atoms with Crippen LogP contribution in [0.2, 0.25) is 0 Å². The standard InChI is InChI=1S/C30H33N3O3/c1-20(2)26(25(34)19-18-21-12-6-4-7-13-21)28(35)30(31)29(36)33(3)24-17-11-10-16-23(24)27(32-30)22-14-8-5-9-15-22/h4-17,20,25-26,34H,18-19,31H2,1-3H3/t25-,26+,30?/m0/s1. The molecule has 3 aromatic rings. The minimum Gasteiger partial charge on any atom is -0.392 e. The lowest BCUT2D eigenvalue weighted by atomic mass is 9.79. The van der Waals surface area contributed by atoms with Crippen LogP contribution in [0.25, 0.3) is 0 Å². The number of amides is 1. The number of aryl methyl sites for hydroxylation is 1. The van der Waals surface area contributed by atoms with E-state index in [4.69, 9.17) is 10.7 Å². The van der Waals surface area contributed by atoms with Crippen LogP contribution in [0.4, 0.5) is 5.69 Å². The van der Waals surface area contributed by atoms with E-state index in [1.54, 1.807) is 7.05 Å². The molecular weight excluding hydrogens is 450 g/mol. The Kier molecular flexibility index (Phi) is 7.48. The molecule has 0 fully saturated rings. The van der Waals surface area contributed by atoms with Crippen molar-refractivity contribution >= 4 is 23.1 Å². The van der Waals surface area contributed by atoms with Crippen LogP contribution in [0.1, 0.15) is 37.0 Å². The molecule has 6 heteroatoms. The van der Waals surface area contributed by atoms with Gasteiger partial charge in [-0.15, -0.1) is 0 Å². The summed E-state index contributed by atoms with van der Waals surface area (Å²) in [5.41, 5.74) is 8.14. The summed E-state index contributed by atoms with van der Waals surface area (Å²) in [6, 6.07) is 26.6. The Labute approximate surface area is 212 Å². The van der Waals surface area contributed by atoms with Crippen molar-refractivity contribution in [2.75, 3.05) is 11.9 Å². The number of benzene rings is 3. The highest BCUT2D eigenvalue weighted by Crippen LogP contribution is 2.33. The molecule has 1 unspecified atom stereocenters. The number of nitrogens with zero attached hydrogens (tertiary/aromatic N) is 2. The van der Waals surface area contributed by atoms with E-state index in [1.165, 1.54) is 4.90 Å². The smallest absolute Gasteiger partial charge is 0.277 e. The quantitative estimate of drug-likeness (QED) is 0.474. The highest BCUT2D eigenvalue weighted by molar-refractivity contribution is 6.26. The molecule has 3 N–H and O–H groups in total. The van der Waals surface area contributed by atoms with Crippen molar-refractivity contribution in [1.82, 2.24) is 0 Å². The van der Waals surface area contributed by atoms with Crippen LogP contribution < -0.4 is 10.6 Å². The molecule has 0 saturated heterocycles. The number of hydrogen-bond donors (Lipinski definition) is 2. The van der Waals surface area contributed by atoms with Crippen LogP contribution in [-0.2, 0) is 16.0 Å². The normalized spacial score (nSPS) is 19.3. The first-order chi connectivity index (χ1) is 17.2. The van der Waals surface area contributed by atoms with Crippen LogP contribution in [-0.4, -0.2) is 41.3 Å². The molecule has 1 aliphatic rings. The minimum atomic E-state index is -2.18. The van der Waals surface area contributed by atoms with Crippen molar-refractivity contribution in [1.29, 1.82) is 0 Å². The summed E-state index contributed by atoms with van der Waals surface area (Å²) in [5.74, 6) is -2.30. The van der Waals surface area contributed by atoms with Crippen molar-refractivity contribution in [2.45, 2.75) is 38.5 Å². The Morgan fingerprint density at radius 1 is 0.972 bits per heavy atom. The van der Waals surface area contributed by atoms with Gasteiger partial charge in [0, 0.05) is 18.2 Å². The lowest BCUT2D eigenvalue weighted by Crippen LogP contribution is -2.62. The Bertz CT molecular complexity index is 1260. The number of para-hydroxylation sites is 1. The number of hydrogen-bond acceptors (Lipinski definition) is 5. The highest BCUT2D eigenvalue weighted by Gasteiger charge is 2.51. The summed E-state index contributed by atoms with van der Waals surface area (Å²) in [5, 5.41) is 11.2. The maximum atomic E-state index is 14.1. The number of aliphatic imine (C=N–C) groups is 1. The van der Waals surface area contributed by atoms with Crippen molar-refractivity contribution in [3.8, 4) is 0 Å². The van der Waals surface area contributed by atoms with Crippen molar-refractivity contribution in [2.24, 2.45) is 22.6 Å². The van der Waals surface area contributed by atoms with Gasteiger partial charge >= 0.3 is 0 Å². The molecule has 3 atom stereocenters. The van der Waals surface area contributed by atoms with Crippen LogP contribution in [0.3, 0.4) is 0 Å². The zero-order valence-corrected chi connectivity index (χ0v) is 21.0. The predicted octanol–water partition coefficient (Wildman–Crippen LogP) is 3.99. The fourth-order valence-corrected chi connectivity index (χ4v) is 4.91. The molecule has 1 amide bonds. The third kappa shape index (κ3) is 4.87. The van der Waals surface area contributed by atoms with E-state index in [1.807, 2.05) is 98.8 Å². The minimum absolute atomic E-state index is 0.247. The van der Waals surface area contributed by atoms with Gasteiger partial charge in [-0.1, -0.05) is 92.7 Å². The summed E-state index contributed by atoms with van der Waals surface area (Å²) in [6.07, 6.45) is -0.000478. The SMILES string of the molecule is CC(C)[C@@H](C(=O)C1(N)N=C(c2ccccc2)c2ccccc2N(C)C1=O)[C@@H](O)CCc1ccccc1. The van der Waals surface area contributed by atoms with Crippen LogP contribution in [0.15, 0.2) is 89.9 Å². The Morgan fingerprint density at radius 2 is 1.56 bits per heavy atom. The zero-order chi connectivity index (χ0) is 25.9. The summed E-state index contributed by atoms with van der Waals surface area (Å²) in [7, 11) is 1.61. The first-order valence-electron chi connectivity index (χ1n) is 12.3. The number of aliphatic hydroxyl groups is 1. The highest BCUT2D eigenvalue weighted by atomic mass is 16.3. The molecule has 1 heterocycles. The number of nitrogens with two attached hydrogens (primary N) is 1. The number of fused-ring (bicyclic) bond motifs is 1. The van der Waals surface area contributed by atoms with Gasteiger partial charge in [-0.2, -0.15) is 0 Å². The van der Waals surface area contributed by atoms with Gasteiger partial charge in [-0.05, 0) is 30.4 Å². The number of carbonyl (C=O) groups is 2. The molecule has 186 valence electrons. The second-order valence-electron chi connectivity index (χ2n) is 9.70. The number of benzodiazepines with no additional fused rings is 1. The molecule has 0 saturated carbocycles. The van der Waals surface area contributed by atoms with E-state index in [0.717, 1.165) is 11.1 Å². The maximum Gasteiger partial charge on any atom is 0.277 e. The van der Waals surface area contributed by atoms with Crippen molar-refractivity contribution < 1.29 is 14.7 Å². The van der Waals surface area contributed by atoms with Crippen molar-refractivity contribution in [3.63, 3.8) is 0 Å².